The quantitative estimate of drug-likeness (QED) is 0.489. The Morgan fingerprint density at radius 3 is 1.97 bits per heavy atom. The number of rotatable bonds is 10. The van der Waals surface area contributed by atoms with Gasteiger partial charge in [0.15, 0.2) is 0 Å². The van der Waals surface area contributed by atoms with E-state index in [1.54, 1.807) is 55.6 Å². The Morgan fingerprint density at radius 1 is 0.818 bits per heavy atom. The molecule has 0 heterocycles. The van der Waals surface area contributed by atoms with Crippen molar-refractivity contribution in [2.24, 2.45) is 0 Å². The molecule has 0 fully saturated rings. The molecule has 0 radical (unpaired) electrons. The van der Waals surface area contributed by atoms with Crippen LogP contribution < -0.4 is 23.8 Å². The average molecular weight is 471 g/mol. The number of hydrogen-bond acceptors (Lipinski definition) is 6. The number of anilines is 1. The van der Waals surface area contributed by atoms with Gasteiger partial charge in [-0.05, 0) is 54.1 Å². The maximum atomic E-state index is 13.5. The van der Waals surface area contributed by atoms with Crippen LogP contribution in [0.4, 0.5) is 5.69 Å². The Bertz CT molecular complexity index is 1180. The molecule has 174 valence electrons. The minimum atomic E-state index is -4.08. The molecule has 0 aliphatic carbocycles. The summed E-state index contributed by atoms with van der Waals surface area (Å²) in [4.78, 5) is 12.8. The van der Waals surface area contributed by atoms with E-state index in [1.807, 2.05) is 12.1 Å². The van der Waals surface area contributed by atoms with Crippen LogP contribution in [0.3, 0.4) is 0 Å². The second-order valence-corrected chi connectivity index (χ2v) is 8.85. The van der Waals surface area contributed by atoms with Gasteiger partial charge in [0.05, 0.1) is 31.9 Å². The van der Waals surface area contributed by atoms with Crippen LogP contribution in [0.1, 0.15) is 5.56 Å². The fraction of sp³-hybridized carbons (Fsp3) is 0.208. The summed E-state index contributed by atoms with van der Waals surface area (Å²) in [6.07, 6.45) is 0. The fourth-order valence-corrected chi connectivity index (χ4v) is 4.57. The molecule has 0 bridgehead atoms. The molecular weight excluding hydrogens is 444 g/mol. The number of benzene rings is 3. The van der Waals surface area contributed by atoms with Gasteiger partial charge in [0.1, 0.15) is 23.8 Å². The van der Waals surface area contributed by atoms with E-state index < -0.39 is 22.5 Å². The molecule has 0 unspecified atom stereocenters. The van der Waals surface area contributed by atoms with Gasteiger partial charge in [-0.2, -0.15) is 0 Å². The van der Waals surface area contributed by atoms with Crippen molar-refractivity contribution >= 4 is 21.6 Å². The second-order valence-electron chi connectivity index (χ2n) is 6.98. The molecule has 1 N–H and O–H groups in total. The van der Waals surface area contributed by atoms with Crippen LogP contribution >= 0.6 is 0 Å². The van der Waals surface area contributed by atoms with Crippen molar-refractivity contribution in [2.45, 2.75) is 11.4 Å². The summed E-state index contributed by atoms with van der Waals surface area (Å²) in [7, 11) is 0.441. The highest BCUT2D eigenvalue weighted by molar-refractivity contribution is 7.92. The van der Waals surface area contributed by atoms with Gasteiger partial charge in [-0.1, -0.05) is 24.3 Å². The molecule has 0 aliphatic rings. The van der Waals surface area contributed by atoms with Crippen LogP contribution in [0, 0.1) is 0 Å². The van der Waals surface area contributed by atoms with Gasteiger partial charge >= 0.3 is 0 Å². The number of carbonyl (C=O) groups excluding carboxylic acids is 1. The number of sulfonamides is 1. The SMILES string of the molecule is COc1ccc(CNC(=O)CN(c2ccccc2OC)S(=O)(=O)c2ccc(OC)cc2)cc1. The van der Waals surface area contributed by atoms with E-state index in [2.05, 4.69) is 5.32 Å². The van der Waals surface area contributed by atoms with Crippen molar-refractivity contribution in [1.29, 1.82) is 0 Å². The summed E-state index contributed by atoms with van der Waals surface area (Å²) >= 11 is 0. The lowest BCUT2D eigenvalue weighted by Crippen LogP contribution is -2.40. The average Bonchev–Trinajstić information content (AvgIpc) is 2.86. The van der Waals surface area contributed by atoms with Crippen LogP contribution in [0.5, 0.6) is 17.2 Å². The smallest absolute Gasteiger partial charge is 0.264 e. The van der Waals surface area contributed by atoms with Gasteiger partial charge in [-0.25, -0.2) is 8.42 Å². The molecule has 0 aromatic heterocycles. The number of nitrogens with zero attached hydrogens (tertiary/aromatic N) is 1. The Hall–Kier alpha value is -3.72. The third-order valence-electron chi connectivity index (χ3n) is 4.94. The molecule has 0 atom stereocenters. The highest BCUT2D eigenvalue weighted by Crippen LogP contribution is 2.32. The minimum absolute atomic E-state index is 0.0251. The van der Waals surface area contributed by atoms with Gasteiger partial charge in [0, 0.05) is 6.54 Å². The molecule has 0 saturated carbocycles. The fourth-order valence-electron chi connectivity index (χ4n) is 3.14. The van der Waals surface area contributed by atoms with Crippen LogP contribution in [0.25, 0.3) is 0 Å². The zero-order valence-electron chi connectivity index (χ0n) is 18.6. The zero-order valence-corrected chi connectivity index (χ0v) is 19.5. The van der Waals surface area contributed by atoms with Crippen LogP contribution in [0.15, 0.2) is 77.7 Å². The summed E-state index contributed by atoms with van der Waals surface area (Å²) in [5, 5.41) is 2.77. The number of methoxy groups -OCH3 is 3. The van der Waals surface area contributed by atoms with Crippen molar-refractivity contribution in [3.63, 3.8) is 0 Å². The number of ether oxygens (including phenoxy) is 3. The van der Waals surface area contributed by atoms with E-state index in [4.69, 9.17) is 14.2 Å². The van der Waals surface area contributed by atoms with E-state index in [0.717, 1.165) is 9.87 Å². The predicted molar refractivity (Wildman–Crippen MR) is 125 cm³/mol. The normalized spacial score (nSPS) is 10.9. The van der Waals surface area contributed by atoms with Crippen molar-refractivity contribution in [3.05, 3.63) is 78.4 Å². The van der Waals surface area contributed by atoms with E-state index in [9.17, 15) is 13.2 Å². The maximum absolute atomic E-state index is 13.5. The third kappa shape index (κ3) is 5.75. The Morgan fingerprint density at radius 2 is 1.39 bits per heavy atom. The molecule has 0 saturated heterocycles. The number of carbonyl (C=O) groups is 1. The molecule has 9 heteroatoms. The predicted octanol–water partition coefficient (Wildman–Crippen LogP) is 3.22. The molecule has 8 nitrogen and oxygen atoms in total. The highest BCUT2D eigenvalue weighted by atomic mass is 32.2. The number of amides is 1. The number of nitrogens with one attached hydrogen (secondary N) is 1. The standard InChI is InChI=1S/C24H26N2O6S/c1-30-19-10-8-18(9-11-19)16-25-24(27)17-26(22-6-4-5-7-23(22)32-3)33(28,29)21-14-12-20(31-2)13-15-21/h4-15H,16-17H2,1-3H3,(H,25,27). The van der Waals surface area contributed by atoms with E-state index in [0.29, 0.717) is 17.2 Å². The first kappa shape index (κ1) is 23.9. The molecule has 33 heavy (non-hydrogen) atoms. The van der Waals surface area contributed by atoms with Gasteiger partial charge in [-0.15, -0.1) is 0 Å². The largest absolute Gasteiger partial charge is 0.497 e. The molecular formula is C24H26N2O6S. The van der Waals surface area contributed by atoms with Crippen molar-refractivity contribution in [1.82, 2.24) is 5.32 Å². The molecule has 3 aromatic carbocycles. The number of para-hydroxylation sites is 2. The first-order chi connectivity index (χ1) is 15.9. The first-order valence-corrected chi connectivity index (χ1v) is 11.5. The van der Waals surface area contributed by atoms with Gasteiger partial charge in [0.25, 0.3) is 10.0 Å². The Kier molecular flexibility index (Phi) is 7.78. The van der Waals surface area contributed by atoms with E-state index in [1.165, 1.54) is 26.4 Å². The monoisotopic (exact) mass is 470 g/mol. The summed E-state index contributed by atoms with van der Waals surface area (Å²) < 4.78 is 43.7. The topological polar surface area (TPSA) is 94.2 Å². The summed E-state index contributed by atoms with van der Waals surface area (Å²) in [5.74, 6) is 1.10. The molecule has 3 aromatic rings. The van der Waals surface area contributed by atoms with Gasteiger partial charge in [-0.3, -0.25) is 9.10 Å². The third-order valence-corrected chi connectivity index (χ3v) is 6.71. The number of hydrogen-bond donors (Lipinski definition) is 1. The molecule has 0 aliphatic heterocycles. The Balaban J connectivity index is 1.87. The van der Waals surface area contributed by atoms with Crippen molar-refractivity contribution in [3.8, 4) is 17.2 Å². The maximum Gasteiger partial charge on any atom is 0.264 e. The lowest BCUT2D eigenvalue weighted by atomic mass is 10.2. The summed E-state index contributed by atoms with van der Waals surface area (Å²) in [5.41, 5.74) is 1.11. The van der Waals surface area contributed by atoms with Crippen LogP contribution in [-0.4, -0.2) is 42.2 Å². The highest BCUT2D eigenvalue weighted by Gasteiger charge is 2.29. The zero-order chi connectivity index (χ0) is 23.8. The lowest BCUT2D eigenvalue weighted by Gasteiger charge is -2.25. The van der Waals surface area contributed by atoms with Crippen LogP contribution in [0.2, 0.25) is 0 Å². The van der Waals surface area contributed by atoms with E-state index in [-0.39, 0.29) is 17.1 Å². The summed E-state index contributed by atoms with van der Waals surface area (Å²) in [6.45, 7) is -0.184. The lowest BCUT2D eigenvalue weighted by molar-refractivity contribution is -0.119. The first-order valence-electron chi connectivity index (χ1n) is 10.1. The molecule has 0 spiro atoms. The second kappa shape index (κ2) is 10.7. The molecule has 1 amide bonds. The van der Waals surface area contributed by atoms with Gasteiger partial charge < -0.3 is 19.5 Å². The minimum Gasteiger partial charge on any atom is -0.497 e. The Labute approximate surface area is 193 Å². The van der Waals surface area contributed by atoms with Crippen molar-refractivity contribution < 1.29 is 27.4 Å². The van der Waals surface area contributed by atoms with E-state index >= 15 is 0 Å². The van der Waals surface area contributed by atoms with Crippen molar-refractivity contribution in [2.75, 3.05) is 32.2 Å². The summed E-state index contributed by atoms with van der Waals surface area (Å²) in [6, 6.07) is 19.8. The molecule has 3 rings (SSSR count). The van der Waals surface area contributed by atoms with Crippen LogP contribution in [-0.2, 0) is 21.4 Å². The van der Waals surface area contributed by atoms with Gasteiger partial charge in [0.2, 0.25) is 5.91 Å².